The quantitative estimate of drug-likeness (QED) is 0.584. The van der Waals surface area contributed by atoms with E-state index in [1.54, 1.807) is 12.1 Å². The average Bonchev–Trinajstić information content (AvgIpc) is 2.60. The van der Waals surface area contributed by atoms with E-state index >= 15 is 0 Å². The van der Waals surface area contributed by atoms with Crippen molar-refractivity contribution in [3.8, 4) is 0 Å². The van der Waals surface area contributed by atoms with E-state index in [0.717, 1.165) is 53.9 Å². The van der Waals surface area contributed by atoms with Crippen LogP contribution in [0.3, 0.4) is 0 Å². The van der Waals surface area contributed by atoms with Gasteiger partial charge < -0.3 is 4.90 Å². The smallest absolute Gasteiger partial charge is 0.161 e. The van der Waals surface area contributed by atoms with Crippen LogP contribution in [-0.2, 0) is 9.59 Å². The Labute approximate surface area is 179 Å². The van der Waals surface area contributed by atoms with Crippen LogP contribution in [0.15, 0.2) is 46.8 Å². The third-order valence-corrected chi connectivity index (χ3v) is 6.69. The predicted molar refractivity (Wildman–Crippen MR) is 117 cm³/mol. The zero-order valence-electron chi connectivity index (χ0n) is 18.8. The number of nitrogens with zero attached hydrogens (tertiary/aromatic N) is 1. The molecule has 0 saturated carbocycles. The number of halogens is 1. The molecule has 1 aromatic carbocycles. The fraction of sp³-hybridized carbons (Fsp3) is 0.538. The normalized spacial score (nSPS) is 23.6. The maximum absolute atomic E-state index is 13.7. The Morgan fingerprint density at radius 3 is 1.77 bits per heavy atom. The molecule has 0 unspecified atom stereocenters. The Bertz CT molecular complexity index is 911. The van der Waals surface area contributed by atoms with Gasteiger partial charge in [-0.2, -0.15) is 0 Å². The van der Waals surface area contributed by atoms with Crippen LogP contribution in [0.2, 0.25) is 0 Å². The molecule has 1 aliphatic heterocycles. The zero-order valence-corrected chi connectivity index (χ0v) is 18.8. The lowest BCUT2D eigenvalue weighted by molar-refractivity contribution is -0.119. The lowest BCUT2D eigenvalue weighted by Crippen LogP contribution is -2.45. The molecule has 30 heavy (non-hydrogen) atoms. The third kappa shape index (κ3) is 3.55. The number of Topliss-reactive ketones (excluding diaryl/α,β-unsaturated/α-hetero) is 2. The number of allylic oxidation sites excluding steroid dienone is 4. The molecule has 1 aromatic rings. The molecule has 4 heteroatoms. The number of hydrogen-bond acceptors (Lipinski definition) is 3. The van der Waals surface area contributed by atoms with E-state index in [4.69, 9.17) is 0 Å². The first-order chi connectivity index (χ1) is 14.0. The van der Waals surface area contributed by atoms with Crippen LogP contribution in [0, 0.1) is 22.6 Å². The molecule has 1 heterocycles. The highest BCUT2D eigenvalue weighted by molar-refractivity contribution is 6.06. The monoisotopic (exact) mass is 409 g/mol. The van der Waals surface area contributed by atoms with Gasteiger partial charge in [0.15, 0.2) is 11.6 Å². The van der Waals surface area contributed by atoms with Crippen LogP contribution < -0.4 is 4.90 Å². The fourth-order valence-corrected chi connectivity index (χ4v) is 5.58. The van der Waals surface area contributed by atoms with Crippen LogP contribution >= 0.6 is 0 Å². The van der Waals surface area contributed by atoms with E-state index < -0.39 is 0 Å². The van der Waals surface area contributed by atoms with Gasteiger partial charge in [-0.05, 0) is 54.4 Å². The molecule has 0 saturated heterocycles. The maximum atomic E-state index is 13.7. The number of anilines is 1. The SMILES string of the molecule is CCCC1C2=C(CC(C)(C)CC2=O)N(c2ccc(F)cc2)C2=C1C(=O)CC(C)(C)C2. The fourth-order valence-electron chi connectivity index (χ4n) is 5.58. The highest BCUT2D eigenvalue weighted by atomic mass is 19.1. The van der Waals surface area contributed by atoms with Crippen molar-refractivity contribution in [3.05, 3.63) is 52.6 Å². The van der Waals surface area contributed by atoms with Crippen molar-refractivity contribution < 1.29 is 14.0 Å². The van der Waals surface area contributed by atoms with Gasteiger partial charge in [0.25, 0.3) is 0 Å². The van der Waals surface area contributed by atoms with Crippen molar-refractivity contribution in [2.45, 2.75) is 73.1 Å². The molecule has 0 N–H and O–H groups in total. The lowest BCUT2D eigenvalue weighted by Gasteiger charge is -2.49. The minimum absolute atomic E-state index is 0.108. The van der Waals surface area contributed by atoms with Crippen LogP contribution in [0.25, 0.3) is 0 Å². The largest absolute Gasteiger partial charge is 0.317 e. The molecule has 0 radical (unpaired) electrons. The summed E-state index contributed by atoms with van der Waals surface area (Å²) in [7, 11) is 0. The summed E-state index contributed by atoms with van der Waals surface area (Å²) in [5.41, 5.74) is 4.24. The van der Waals surface area contributed by atoms with Crippen molar-refractivity contribution >= 4 is 17.3 Å². The number of rotatable bonds is 3. The van der Waals surface area contributed by atoms with Crippen LogP contribution in [0.5, 0.6) is 0 Å². The average molecular weight is 410 g/mol. The molecule has 0 aromatic heterocycles. The second kappa shape index (κ2) is 7.18. The van der Waals surface area contributed by atoms with Crippen LogP contribution in [-0.4, -0.2) is 11.6 Å². The zero-order chi connectivity index (χ0) is 21.8. The van der Waals surface area contributed by atoms with Crippen LogP contribution in [0.4, 0.5) is 10.1 Å². The number of carbonyl (C=O) groups excluding carboxylic acids is 2. The number of carbonyl (C=O) groups is 2. The standard InChI is InChI=1S/C26H32FNO2/c1-6-7-18-23-19(12-25(2,3)14-21(23)29)28(17-10-8-16(27)9-11-17)20-13-26(4,5)15-22(30)24(18)20/h8-11,18H,6-7,12-15H2,1-5H3. The topological polar surface area (TPSA) is 37.4 Å². The van der Waals surface area contributed by atoms with Gasteiger partial charge in [0.1, 0.15) is 5.82 Å². The van der Waals surface area contributed by atoms with E-state index in [1.807, 2.05) is 0 Å². The summed E-state index contributed by atoms with van der Waals surface area (Å²) in [4.78, 5) is 28.9. The van der Waals surface area contributed by atoms with Gasteiger partial charge in [-0.25, -0.2) is 4.39 Å². The van der Waals surface area contributed by atoms with E-state index in [-0.39, 0.29) is 34.1 Å². The van der Waals surface area contributed by atoms with Crippen molar-refractivity contribution in [2.75, 3.05) is 4.90 Å². The predicted octanol–water partition coefficient (Wildman–Crippen LogP) is 6.35. The van der Waals surface area contributed by atoms with Gasteiger partial charge in [0.2, 0.25) is 0 Å². The number of ketones is 2. The van der Waals surface area contributed by atoms with Gasteiger partial charge >= 0.3 is 0 Å². The molecule has 3 nitrogen and oxygen atoms in total. The summed E-state index contributed by atoms with van der Waals surface area (Å²) in [5.74, 6) is -0.0704. The van der Waals surface area contributed by atoms with Gasteiger partial charge in [0.05, 0.1) is 0 Å². The Morgan fingerprint density at radius 2 is 1.33 bits per heavy atom. The molecule has 160 valence electrons. The van der Waals surface area contributed by atoms with E-state index in [9.17, 15) is 14.0 Å². The van der Waals surface area contributed by atoms with E-state index in [2.05, 4.69) is 39.5 Å². The summed E-state index contributed by atoms with van der Waals surface area (Å²) in [5, 5.41) is 0. The second-order valence-corrected chi connectivity index (χ2v) is 10.8. The third-order valence-electron chi connectivity index (χ3n) is 6.69. The first-order valence-corrected chi connectivity index (χ1v) is 11.1. The molecule has 4 rings (SSSR count). The van der Waals surface area contributed by atoms with Crippen molar-refractivity contribution in [1.82, 2.24) is 0 Å². The maximum Gasteiger partial charge on any atom is 0.161 e. The summed E-state index contributed by atoms with van der Waals surface area (Å²) in [6.45, 7) is 10.6. The summed E-state index contributed by atoms with van der Waals surface area (Å²) in [6, 6.07) is 6.45. The molecule has 0 amide bonds. The van der Waals surface area contributed by atoms with Gasteiger partial charge in [-0.15, -0.1) is 0 Å². The van der Waals surface area contributed by atoms with E-state index in [1.165, 1.54) is 12.1 Å². The lowest BCUT2D eigenvalue weighted by atomic mass is 9.64. The Balaban J connectivity index is 1.98. The number of benzene rings is 1. The second-order valence-electron chi connectivity index (χ2n) is 10.8. The minimum Gasteiger partial charge on any atom is -0.317 e. The molecular formula is C26H32FNO2. The first-order valence-electron chi connectivity index (χ1n) is 11.1. The molecule has 3 aliphatic rings. The summed E-state index contributed by atoms with van der Waals surface area (Å²) in [6.07, 6.45) is 4.29. The van der Waals surface area contributed by atoms with Gasteiger partial charge in [-0.3, -0.25) is 9.59 Å². The van der Waals surface area contributed by atoms with Crippen LogP contribution in [0.1, 0.15) is 73.1 Å². The molecule has 0 fully saturated rings. The van der Waals surface area contributed by atoms with Gasteiger partial charge in [0, 0.05) is 47.0 Å². The molecule has 2 aliphatic carbocycles. The first kappa shape index (κ1) is 21.0. The highest BCUT2D eigenvalue weighted by Gasteiger charge is 2.48. The van der Waals surface area contributed by atoms with Crippen molar-refractivity contribution in [1.29, 1.82) is 0 Å². The Hall–Kier alpha value is -2.23. The highest BCUT2D eigenvalue weighted by Crippen LogP contribution is 2.53. The summed E-state index contributed by atoms with van der Waals surface area (Å²) < 4.78 is 13.7. The van der Waals surface area contributed by atoms with Crippen molar-refractivity contribution in [2.24, 2.45) is 16.7 Å². The Morgan fingerprint density at radius 1 is 0.867 bits per heavy atom. The molecular weight excluding hydrogens is 377 g/mol. The minimum atomic E-state index is -0.289. The number of hydrogen-bond donors (Lipinski definition) is 0. The summed E-state index contributed by atoms with van der Waals surface area (Å²) >= 11 is 0. The molecule has 0 bridgehead atoms. The molecule has 0 atom stereocenters. The van der Waals surface area contributed by atoms with E-state index in [0.29, 0.717) is 12.8 Å². The Kier molecular flexibility index (Phi) is 5.03. The molecule has 0 spiro atoms. The van der Waals surface area contributed by atoms with Gasteiger partial charge in [-0.1, -0.05) is 41.0 Å². The van der Waals surface area contributed by atoms with Crippen molar-refractivity contribution in [3.63, 3.8) is 0 Å².